The van der Waals surface area contributed by atoms with Gasteiger partial charge in [0.15, 0.2) is 0 Å². The van der Waals surface area contributed by atoms with Crippen molar-refractivity contribution < 1.29 is 4.74 Å². The van der Waals surface area contributed by atoms with Crippen molar-refractivity contribution >= 4 is 0 Å². The highest BCUT2D eigenvalue weighted by molar-refractivity contribution is 5.18. The minimum Gasteiger partial charge on any atom is -0.369 e. The molecule has 0 heterocycles. The van der Waals surface area contributed by atoms with Crippen LogP contribution in [0.5, 0.6) is 0 Å². The molecule has 0 aliphatic heterocycles. The minimum absolute atomic E-state index is 0.175. The van der Waals surface area contributed by atoms with Crippen molar-refractivity contribution in [3.05, 3.63) is 35.9 Å². The Morgan fingerprint density at radius 3 is 2.62 bits per heavy atom. The second-order valence-electron chi connectivity index (χ2n) is 6.66. The van der Waals surface area contributed by atoms with Crippen LogP contribution in [0, 0.1) is 5.92 Å². The van der Waals surface area contributed by atoms with E-state index in [1.165, 1.54) is 37.7 Å². The van der Waals surface area contributed by atoms with Gasteiger partial charge in [0.05, 0.1) is 12.2 Å². The SMILES string of the molecule is CCC1CCCC(OC(CNC(C)C)c2ccccc2)C1. The predicted octanol–water partition coefficient (Wildman–Crippen LogP) is 4.71. The average molecular weight is 289 g/mol. The van der Waals surface area contributed by atoms with Crippen LogP contribution in [0.15, 0.2) is 30.3 Å². The number of hydrogen-bond acceptors (Lipinski definition) is 2. The van der Waals surface area contributed by atoms with Crippen LogP contribution in [-0.4, -0.2) is 18.7 Å². The molecule has 1 saturated carbocycles. The molecule has 1 N–H and O–H groups in total. The third kappa shape index (κ3) is 5.44. The van der Waals surface area contributed by atoms with Crippen LogP contribution >= 0.6 is 0 Å². The van der Waals surface area contributed by atoms with E-state index in [4.69, 9.17) is 4.74 Å². The van der Waals surface area contributed by atoms with Gasteiger partial charge in [0.2, 0.25) is 0 Å². The standard InChI is InChI=1S/C19H31NO/c1-4-16-9-8-12-18(13-16)21-19(14-20-15(2)3)17-10-6-5-7-11-17/h5-7,10-11,15-16,18-20H,4,8-9,12-14H2,1-3H3. The molecule has 0 bridgehead atoms. The Morgan fingerprint density at radius 2 is 1.95 bits per heavy atom. The summed E-state index contributed by atoms with van der Waals surface area (Å²) in [5.74, 6) is 0.859. The third-order valence-corrected chi connectivity index (χ3v) is 4.55. The van der Waals surface area contributed by atoms with Gasteiger partial charge < -0.3 is 10.1 Å². The normalized spacial score (nSPS) is 24.2. The molecule has 0 radical (unpaired) electrons. The summed E-state index contributed by atoms with van der Waals surface area (Å²) in [6.45, 7) is 7.59. The van der Waals surface area contributed by atoms with Crippen LogP contribution in [0.25, 0.3) is 0 Å². The molecule has 0 saturated heterocycles. The van der Waals surface area contributed by atoms with Crippen molar-refractivity contribution in [3.8, 4) is 0 Å². The predicted molar refractivity (Wildman–Crippen MR) is 89.4 cm³/mol. The van der Waals surface area contributed by atoms with Gasteiger partial charge in [-0.3, -0.25) is 0 Å². The Labute approximate surface area is 130 Å². The fourth-order valence-corrected chi connectivity index (χ4v) is 3.22. The molecule has 0 amide bonds. The zero-order chi connectivity index (χ0) is 15.1. The summed E-state index contributed by atoms with van der Waals surface area (Å²) in [5, 5.41) is 3.53. The Morgan fingerprint density at radius 1 is 1.19 bits per heavy atom. The van der Waals surface area contributed by atoms with E-state index in [0.717, 1.165) is 12.5 Å². The largest absolute Gasteiger partial charge is 0.369 e. The first-order chi connectivity index (χ1) is 10.2. The molecule has 2 rings (SSSR count). The maximum absolute atomic E-state index is 6.50. The Balaban J connectivity index is 1.98. The van der Waals surface area contributed by atoms with Gasteiger partial charge in [-0.1, -0.05) is 70.4 Å². The van der Waals surface area contributed by atoms with Crippen molar-refractivity contribution in [2.75, 3.05) is 6.54 Å². The molecule has 0 aromatic heterocycles. The maximum Gasteiger partial charge on any atom is 0.0953 e. The molecule has 1 fully saturated rings. The molecule has 2 nitrogen and oxygen atoms in total. The first-order valence-corrected chi connectivity index (χ1v) is 8.62. The van der Waals surface area contributed by atoms with Crippen LogP contribution in [0.1, 0.15) is 64.5 Å². The molecule has 1 aliphatic carbocycles. The van der Waals surface area contributed by atoms with Crippen molar-refractivity contribution in [3.63, 3.8) is 0 Å². The lowest BCUT2D eigenvalue weighted by molar-refractivity contribution is -0.0421. The lowest BCUT2D eigenvalue weighted by atomic mass is 9.85. The summed E-state index contributed by atoms with van der Waals surface area (Å²) in [4.78, 5) is 0. The van der Waals surface area contributed by atoms with Gasteiger partial charge in [0.25, 0.3) is 0 Å². The van der Waals surface area contributed by atoms with Gasteiger partial charge in [0, 0.05) is 12.6 Å². The van der Waals surface area contributed by atoms with E-state index in [2.05, 4.69) is 56.4 Å². The summed E-state index contributed by atoms with van der Waals surface area (Å²) in [6.07, 6.45) is 7.07. The Kier molecular flexibility index (Phi) is 6.72. The van der Waals surface area contributed by atoms with Gasteiger partial charge in [-0.15, -0.1) is 0 Å². The smallest absolute Gasteiger partial charge is 0.0953 e. The molecule has 118 valence electrons. The van der Waals surface area contributed by atoms with E-state index >= 15 is 0 Å². The highest BCUT2D eigenvalue weighted by atomic mass is 16.5. The summed E-state index contributed by atoms with van der Waals surface area (Å²) >= 11 is 0. The molecule has 1 aromatic carbocycles. The number of benzene rings is 1. The van der Waals surface area contributed by atoms with E-state index in [1.807, 2.05) is 0 Å². The van der Waals surface area contributed by atoms with Crippen LogP contribution < -0.4 is 5.32 Å². The summed E-state index contributed by atoms with van der Waals surface area (Å²) in [5.41, 5.74) is 1.30. The number of hydrogen-bond donors (Lipinski definition) is 1. The van der Waals surface area contributed by atoms with E-state index in [0.29, 0.717) is 12.1 Å². The highest BCUT2D eigenvalue weighted by Gasteiger charge is 2.24. The van der Waals surface area contributed by atoms with Gasteiger partial charge in [-0.25, -0.2) is 0 Å². The van der Waals surface area contributed by atoms with E-state index in [-0.39, 0.29) is 6.10 Å². The van der Waals surface area contributed by atoms with Crippen molar-refractivity contribution in [2.24, 2.45) is 5.92 Å². The molecule has 21 heavy (non-hydrogen) atoms. The second kappa shape index (κ2) is 8.55. The Bertz CT molecular complexity index is 390. The first kappa shape index (κ1) is 16.5. The maximum atomic E-state index is 6.50. The van der Waals surface area contributed by atoms with Crippen molar-refractivity contribution in [1.29, 1.82) is 0 Å². The fraction of sp³-hybridized carbons (Fsp3) is 0.684. The number of ether oxygens (including phenoxy) is 1. The van der Waals surface area contributed by atoms with Gasteiger partial charge in [-0.2, -0.15) is 0 Å². The zero-order valence-electron chi connectivity index (χ0n) is 13.8. The first-order valence-electron chi connectivity index (χ1n) is 8.62. The molecule has 2 heteroatoms. The molecule has 0 spiro atoms. The van der Waals surface area contributed by atoms with Crippen LogP contribution in [0.4, 0.5) is 0 Å². The van der Waals surface area contributed by atoms with Crippen molar-refractivity contribution in [2.45, 2.75) is 71.1 Å². The quantitative estimate of drug-likeness (QED) is 0.785. The molecule has 3 unspecified atom stereocenters. The van der Waals surface area contributed by atoms with Gasteiger partial charge >= 0.3 is 0 Å². The van der Waals surface area contributed by atoms with Crippen LogP contribution in [0.2, 0.25) is 0 Å². The third-order valence-electron chi connectivity index (χ3n) is 4.55. The molecular weight excluding hydrogens is 258 g/mol. The summed E-state index contributed by atoms with van der Waals surface area (Å²) < 4.78 is 6.50. The minimum atomic E-state index is 0.175. The van der Waals surface area contributed by atoms with Crippen LogP contribution in [0.3, 0.4) is 0 Å². The topological polar surface area (TPSA) is 21.3 Å². The monoisotopic (exact) mass is 289 g/mol. The number of nitrogens with one attached hydrogen (secondary N) is 1. The molecule has 1 aromatic rings. The highest BCUT2D eigenvalue weighted by Crippen LogP contribution is 2.31. The van der Waals surface area contributed by atoms with Gasteiger partial charge in [0.1, 0.15) is 0 Å². The Hall–Kier alpha value is -0.860. The summed E-state index contributed by atoms with van der Waals surface area (Å²) in [6, 6.07) is 11.2. The van der Waals surface area contributed by atoms with E-state index in [9.17, 15) is 0 Å². The summed E-state index contributed by atoms with van der Waals surface area (Å²) in [7, 11) is 0. The second-order valence-corrected chi connectivity index (χ2v) is 6.66. The van der Waals surface area contributed by atoms with E-state index < -0.39 is 0 Å². The average Bonchev–Trinajstić information content (AvgIpc) is 2.52. The van der Waals surface area contributed by atoms with Crippen molar-refractivity contribution in [1.82, 2.24) is 5.32 Å². The van der Waals surface area contributed by atoms with E-state index in [1.54, 1.807) is 0 Å². The van der Waals surface area contributed by atoms with Crippen LogP contribution in [-0.2, 0) is 4.74 Å². The lowest BCUT2D eigenvalue weighted by Gasteiger charge is -2.32. The van der Waals surface area contributed by atoms with Gasteiger partial charge in [-0.05, 0) is 24.3 Å². The number of rotatable bonds is 7. The fourth-order valence-electron chi connectivity index (χ4n) is 3.22. The molecular formula is C19H31NO. The lowest BCUT2D eigenvalue weighted by Crippen LogP contribution is -2.32. The molecule has 3 atom stereocenters. The zero-order valence-corrected chi connectivity index (χ0v) is 13.8. The molecule has 1 aliphatic rings.